The number of halogens is 2. The van der Waals surface area contributed by atoms with Crippen LogP contribution in [0.4, 0.5) is 8.78 Å². The van der Waals surface area contributed by atoms with E-state index >= 15 is 0 Å². The lowest BCUT2D eigenvalue weighted by atomic mass is 10.0. The fraction of sp³-hybridized carbons (Fsp3) is 0.0417. The third kappa shape index (κ3) is 3.85. The van der Waals surface area contributed by atoms with Gasteiger partial charge in [0.05, 0.1) is 11.0 Å². The van der Waals surface area contributed by atoms with Gasteiger partial charge in [0.2, 0.25) is 0 Å². The highest BCUT2D eigenvalue weighted by molar-refractivity contribution is 6.07. The molecule has 3 aromatic carbocycles. The fourth-order valence-electron chi connectivity index (χ4n) is 3.31. The molecule has 1 aliphatic heterocycles. The summed E-state index contributed by atoms with van der Waals surface area (Å²) in [6.45, 7) is 0. The highest BCUT2D eigenvalue weighted by Gasteiger charge is 2.43. The topological polar surface area (TPSA) is 61.3 Å². The molecule has 0 atom stereocenters. The smallest absolute Gasteiger partial charge is 0.395 e. The van der Waals surface area contributed by atoms with E-state index in [0.29, 0.717) is 11.1 Å². The Morgan fingerprint density at radius 2 is 1.52 bits per heavy atom. The van der Waals surface area contributed by atoms with Crippen molar-refractivity contribution in [2.24, 2.45) is 0 Å². The second kappa shape index (κ2) is 7.28. The number of benzene rings is 3. The highest BCUT2D eigenvalue weighted by atomic mass is 19.3. The Bertz CT molecular complexity index is 1330. The van der Waals surface area contributed by atoms with Gasteiger partial charge in [-0.25, -0.2) is 0 Å². The first-order valence-electron chi connectivity index (χ1n) is 9.40. The zero-order valence-corrected chi connectivity index (χ0v) is 16.0. The van der Waals surface area contributed by atoms with E-state index in [4.69, 9.17) is 0 Å². The maximum absolute atomic E-state index is 13.2. The number of hydrogen-bond acceptors (Lipinski definition) is 5. The zero-order chi connectivity index (χ0) is 21.4. The normalized spacial score (nSPS) is 14.3. The van der Waals surface area contributed by atoms with Gasteiger partial charge in [-0.05, 0) is 47.0 Å². The molecule has 0 bridgehead atoms. The Kier molecular flexibility index (Phi) is 4.43. The maximum atomic E-state index is 13.2. The molecule has 5 nitrogen and oxygen atoms in total. The van der Waals surface area contributed by atoms with Crippen molar-refractivity contribution in [1.82, 2.24) is 9.97 Å². The monoisotopic (exact) mass is 416 g/mol. The van der Waals surface area contributed by atoms with Crippen LogP contribution >= 0.6 is 0 Å². The van der Waals surface area contributed by atoms with Crippen molar-refractivity contribution in [3.05, 3.63) is 90.3 Å². The van der Waals surface area contributed by atoms with Crippen molar-refractivity contribution in [2.45, 2.75) is 6.29 Å². The van der Waals surface area contributed by atoms with E-state index in [1.807, 2.05) is 18.2 Å². The van der Waals surface area contributed by atoms with Gasteiger partial charge in [0.1, 0.15) is 0 Å². The summed E-state index contributed by atoms with van der Waals surface area (Å²) in [6.07, 6.45) is 2.82. The van der Waals surface area contributed by atoms with Crippen molar-refractivity contribution in [1.29, 1.82) is 0 Å². The summed E-state index contributed by atoms with van der Waals surface area (Å²) in [5.74, 6) is -0.188. The minimum absolute atomic E-state index is 0.00893. The molecule has 1 aromatic heterocycles. The number of rotatable bonds is 4. The third-order valence-electron chi connectivity index (χ3n) is 4.82. The summed E-state index contributed by atoms with van der Waals surface area (Å²) in [7, 11) is 0. The predicted molar refractivity (Wildman–Crippen MR) is 111 cm³/mol. The van der Waals surface area contributed by atoms with Crippen LogP contribution in [-0.4, -0.2) is 22.0 Å². The molecule has 0 spiro atoms. The molecular weight excluding hydrogens is 402 g/mol. The van der Waals surface area contributed by atoms with E-state index in [9.17, 15) is 13.6 Å². The van der Waals surface area contributed by atoms with Crippen LogP contribution in [0.25, 0.3) is 28.2 Å². The maximum Gasteiger partial charge on any atom is 0.586 e. The van der Waals surface area contributed by atoms with Gasteiger partial charge < -0.3 is 9.47 Å². The Balaban J connectivity index is 1.33. The van der Waals surface area contributed by atoms with Crippen LogP contribution in [0.5, 0.6) is 11.5 Å². The third-order valence-corrected chi connectivity index (χ3v) is 4.82. The van der Waals surface area contributed by atoms with Gasteiger partial charge >= 0.3 is 6.29 Å². The van der Waals surface area contributed by atoms with E-state index in [-0.39, 0.29) is 17.3 Å². The van der Waals surface area contributed by atoms with Crippen molar-refractivity contribution in [2.75, 3.05) is 0 Å². The van der Waals surface area contributed by atoms with E-state index < -0.39 is 6.29 Å². The molecule has 1 aliphatic rings. The number of allylic oxidation sites excluding steroid dienone is 1. The van der Waals surface area contributed by atoms with Gasteiger partial charge in [-0.15, -0.1) is 8.78 Å². The summed E-state index contributed by atoms with van der Waals surface area (Å²) < 4.78 is 35.3. The first-order valence-corrected chi connectivity index (χ1v) is 9.40. The Morgan fingerprint density at radius 3 is 2.32 bits per heavy atom. The standard InChI is InChI=1S/C24H14F2N2O3/c25-24(26)30-22-10-7-18(14-23(22)31-24)16-3-5-17(6-4-16)21(29)9-2-15-1-8-19-20(13-15)28-12-11-27-19/h1-14H/b9-2+. The molecule has 7 heteroatoms. The van der Waals surface area contributed by atoms with Crippen molar-refractivity contribution in [3.8, 4) is 22.6 Å². The molecule has 0 N–H and O–H groups in total. The lowest BCUT2D eigenvalue weighted by molar-refractivity contribution is -0.286. The fourth-order valence-corrected chi connectivity index (χ4v) is 3.31. The second-order valence-electron chi connectivity index (χ2n) is 6.91. The van der Waals surface area contributed by atoms with Gasteiger partial charge in [0.15, 0.2) is 17.3 Å². The molecule has 4 aromatic rings. The Morgan fingerprint density at radius 1 is 0.806 bits per heavy atom. The molecule has 0 radical (unpaired) electrons. The van der Waals surface area contributed by atoms with Crippen LogP contribution < -0.4 is 9.47 Å². The van der Waals surface area contributed by atoms with Crippen molar-refractivity contribution < 1.29 is 23.0 Å². The number of nitrogens with zero attached hydrogens (tertiary/aromatic N) is 2. The number of ether oxygens (including phenoxy) is 2. The minimum atomic E-state index is -3.65. The molecule has 0 fully saturated rings. The number of ketones is 1. The lowest BCUT2D eigenvalue weighted by Gasteiger charge is -2.05. The minimum Gasteiger partial charge on any atom is -0.395 e. The number of carbonyl (C=O) groups excluding carboxylic acids is 1. The molecule has 31 heavy (non-hydrogen) atoms. The SMILES string of the molecule is O=C(/C=C/c1ccc2nccnc2c1)c1ccc(-c2ccc3c(c2)OC(F)(F)O3)cc1. The van der Waals surface area contributed by atoms with E-state index in [1.165, 1.54) is 18.2 Å². The predicted octanol–water partition coefficient (Wildman–Crippen LogP) is 5.51. The van der Waals surface area contributed by atoms with Crippen LogP contribution in [-0.2, 0) is 0 Å². The van der Waals surface area contributed by atoms with E-state index in [0.717, 1.165) is 22.2 Å². The van der Waals surface area contributed by atoms with Crippen LogP contribution in [0.1, 0.15) is 15.9 Å². The second-order valence-corrected chi connectivity index (χ2v) is 6.91. The van der Waals surface area contributed by atoms with Gasteiger partial charge in [-0.1, -0.05) is 42.5 Å². The van der Waals surface area contributed by atoms with Gasteiger partial charge in [0, 0.05) is 18.0 Å². The van der Waals surface area contributed by atoms with Gasteiger partial charge in [-0.2, -0.15) is 0 Å². The molecular formula is C24H14F2N2O3. The first kappa shape index (κ1) is 18.9. The number of carbonyl (C=O) groups is 1. The molecule has 0 saturated heterocycles. The molecule has 5 rings (SSSR count). The van der Waals surface area contributed by atoms with Crippen LogP contribution in [0.15, 0.2) is 79.1 Å². The lowest BCUT2D eigenvalue weighted by Crippen LogP contribution is -2.25. The number of fused-ring (bicyclic) bond motifs is 2. The summed E-state index contributed by atoms with van der Waals surface area (Å²) in [4.78, 5) is 21.0. The number of aromatic nitrogens is 2. The molecule has 2 heterocycles. The van der Waals surface area contributed by atoms with E-state index in [1.54, 1.807) is 48.8 Å². The van der Waals surface area contributed by atoms with Gasteiger partial charge in [-0.3, -0.25) is 14.8 Å². The van der Waals surface area contributed by atoms with Crippen LogP contribution in [0, 0.1) is 0 Å². The summed E-state index contributed by atoms with van der Waals surface area (Å²) in [5.41, 5.74) is 4.32. The van der Waals surface area contributed by atoms with Crippen molar-refractivity contribution >= 4 is 22.9 Å². The Hall–Kier alpha value is -4.13. The zero-order valence-electron chi connectivity index (χ0n) is 16.0. The summed E-state index contributed by atoms with van der Waals surface area (Å²) >= 11 is 0. The quantitative estimate of drug-likeness (QED) is 0.324. The summed E-state index contributed by atoms with van der Waals surface area (Å²) in [5, 5.41) is 0. The van der Waals surface area contributed by atoms with Crippen molar-refractivity contribution in [3.63, 3.8) is 0 Å². The molecule has 0 unspecified atom stereocenters. The molecule has 0 saturated carbocycles. The number of hydrogen-bond donors (Lipinski definition) is 0. The van der Waals surface area contributed by atoms with Gasteiger partial charge in [0.25, 0.3) is 0 Å². The molecule has 0 amide bonds. The molecule has 0 aliphatic carbocycles. The number of alkyl halides is 2. The first-order chi connectivity index (χ1) is 15.0. The average molecular weight is 416 g/mol. The van der Waals surface area contributed by atoms with Crippen LogP contribution in [0.2, 0.25) is 0 Å². The summed E-state index contributed by atoms with van der Waals surface area (Å²) in [6, 6.07) is 17.0. The Labute approximate surface area is 175 Å². The molecule has 152 valence electrons. The highest BCUT2D eigenvalue weighted by Crippen LogP contribution is 2.42. The average Bonchev–Trinajstić information content (AvgIpc) is 3.10. The van der Waals surface area contributed by atoms with E-state index in [2.05, 4.69) is 19.4 Å². The van der Waals surface area contributed by atoms with Crippen LogP contribution in [0.3, 0.4) is 0 Å². The largest absolute Gasteiger partial charge is 0.586 e.